The van der Waals surface area contributed by atoms with Gasteiger partial charge in [0.2, 0.25) is 11.8 Å². The number of hydrogen-bond acceptors (Lipinski definition) is 4. The minimum atomic E-state index is 0.134. The first kappa shape index (κ1) is 18.5. The van der Waals surface area contributed by atoms with E-state index in [9.17, 15) is 4.79 Å². The molecule has 2 heterocycles. The summed E-state index contributed by atoms with van der Waals surface area (Å²) in [6.45, 7) is 10.6. The lowest BCUT2D eigenvalue weighted by Crippen LogP contribution is -2.36. The van der Waals surface area contributed by atoms with Gasteiger partial charge in [0.1, 0.15) is 5.69 Å². The molecule has 5 nitrogen and oxygen atoms in total. The van der Waals surface area contributed by atoms with E-state index in [0.717, 1.165) is 35.8 Å². The number of benzene rings is 1. The van der Waals surface area contributed by atoms with E-state index in [-0.39, 0.29) is 11.9 Å². The predicted octanol–water partition coefficient (Wildman–Crippen LogP) is 4.40. The number of anilines is 1. The summed E-state index contributed by atoms with van der Waals surface area (Å²) in [5.74, 6) is 0.982. The molecule has 2 aromatic rings. The third-order valence-corrected chi connectivity index (χ3v) is 5.06. The molecule has 0 radical (unpaired) electrons. The fraction of sp³-hybridized carbons (Fsp3) is 0.524. The summed E-state index contributed by atoms with van der Waals surface area (Å²) in [5.41, 5.74) is 4.11. The van der Waals surface area contributed by atoms with Crippen LogP contribution < -0.4 is 4.90 Å². The molecule has 0 atom stereocenters. The number of carbonyl (C=O) groups excluding carboxylic acids is 1. The fourth-order valence-corrected chi connectivity index (χ4v) is 3.48. The SMILES string of the molecule is CCC(=O)N(Cc1c(-c2ccc(C)cc2)noc1N1CCCC1)C(C)C. The lowest BCUT2D eigenvalue weighted by molar-refractivity contribution is -0.133. The molecule has 0 aliphatic carbocycles. The maximum Gasteiger partial charge on any atom is 0.232 e. The molecule has 0 saturated carbocycles. The molecule has 0 unspecified atom stereocenters. The molecule has 0 spiro atoms. The van der Waals surface area contributed by atoms with Crippen LogP contribution in [-0.2, 0) is 11.3 Å². The average molecular weight is 355 g/mol. The van der Waals surface area contributed by atoms with Gasteiger partial charge in [-0.25, -0.2) is 0 Å². The summed E-state index contributed by atoms with van der Waals surface area (Å²) >= 11 is 0. The van der Waals surface area contributed by atoms with Gasteiger partial charge in [-0.05, 0) is 33.6 Å². The van der Waals surface area contributed by atoms with Crippen LogP contribution in [-0.4, -0.2) is 35.1 Å². The van der Waals surface area contributed by atoms with Crippen LogP contribution in [0.25, 0.3) is 11.3 Å². The van der Waals surface area contributed by atoms with Crippen LogP contribution in [0.5, 0.6) is 0 Å². The number of hydrogen-bond donors (Lipinski definition) is 0. The minimum absolute atomic E-state index is 0.134. The quantitative estimate of drug-likeness (QED) is 0.771. The molecule has 3 rings (SSSR count). The number of aromatic nitrogens is 1. The van der Waals surface area contributed by atoms with Crippen LogP contribution in [0.15, 0.2) is 28.8 Å². The topological polar surface area (TPSA) is 49.6 Å². The summed E-state index contributed by atoms with van der Waals surface area (Å²) in [6.07, 6.45) is 2.84. The Balaban J connectivity index is 2.02. The Hall–Kier alpha value is -2.30. The Bertz CT molecular complexity index is 743. The molecule has 1 aromatic carbocycles. The summed E-state index contributed by atoms with van der Waals surface area (Å²) in [6, 6.07) is 8.45. The van der Waals surface area contributed by atoms with Crippen LogP contribution in [0.4, 0.5) is 5.88 Å². The molecule has 26 heavy (non-hydrogen) atoms. The highest BCUT2D eigenvalue weighted by atomic mass is 16.5. The Kier molecular flexibility index (Phi) is 5.64. The number of carbonyl (C=O) groups is 1. The third-order valence-electron chi connectivity index (χ3n) is 5.06. The van der Waals surface area contributed by atoms with Crippen molar-refractivity contribution in [1.29, 1.82) is 0 Å². The Morgan fingerprint density at radius 2 is 1.88 bits per heavy atom. The van der Waals surface area contributed by atoms with E-state index in [1.54, 1.807) is 0 Å². The third kappa shape index (κ3) is 3.76. The van der Waals surface area contributed by atoms with Crippen molar-refractivity contribution in [3.8, 4) is 11.3 Å². The van der Waals surface area contributed by atoms with Crippen LogP contribution in [0.3, 0.4) is 0 Å². The van der Waals surface area contributed by atoms with E-state index in [2.05, 4.69) is 55.1 Å². The molecule has 1 aliphatic rings. The zero-order chi connectivity index (χ0) is 18.7. The van der Waals surface area contributed by atoms with Crippen LogP contribution >= 0.6 is 0 Å². The van der Waals surface area contributed by atoms with E-state index in [4.69, 9.17) is 4.52 Å². The van der Waals surface area contributed by atoms with Gasteiger partial charge in [0.15, 0.2) is 0 Å². The van der Waals surface area contributed by atoms with Crippen molar-refractivity contribution in [2.75, 3.05) is 18.0 Å². The van der Waals surface area contributed by atoms with Gasteiger partial charge in [-0.3, -0.25) is 4.79 Å². The van der Waals surface area contributed by atoms with Gasteiger partial charge in [0.25, 0.3) is 0 Å². The first-order chi connectivity index (χ1) is 12.5. The van der Waals surface area contributed by atoms with Crippen molar-refractivity contribution in [2.45, 2.75) is 59.5 Å². The minimum Gasteiger partial charge on any atom is -0.340 e. The molecule has 140 valence electrons. The maximum atomic E-state index is 12.5. The highest BCUT2D eigenvalue weighted by Crippen LogP contribution is 2.34. The predicted molar refractivity (Wildman–Crippen MR) is 104 cm³/mol. The van der Waals surface area contributed by atoms with Crippen molar-refractivity contribution in [3.63, 3.8) is 0 Å². The lowest BCUT2D eigenvalue weighted by atomic mass is 10.0. The summed E-state index contributed by atoms with van der Waals surface area (Å²) in [4.78, 5) is 16.6. The van der Waals surface area contributed by atoms with Crippen molar-refractivity contribution >= 4 is 11.8 Å². The van der Waals surface area contributed by atoms with Crippen molar-refractivity contribution in [1.82, 2.24) is 10.1 Å². The smallest absolute Gasteiger partial charge is 0.232 e. The molecular weight excluding hydrogens is 326 g/mol. The zero-order valence-electron chi connectivity index (χ0n) is 16.3. The van der Waals surface area contributed by atoms with E-state index < -0.39 is 0 Å². The summed E-state index contributed by atoms with van der Waals surface area (Å²) in [7, 11) is 0. The van der Waals surface area contributed by atoms with Gasteiger partial charge in [0.05, 0.1) is 12.1 Å². The van der Waals surface area contributed by atoms with Gasteiger partial charge < -0.3 is 14.3 Å². The standard InChI is InChI=1S/C21H29N3O2/c1-5-19(25)24(15(2)3)14-18-20(17-10-8-16(4)9-11-17)22-26-21(18)23-12-6-7-13-23/h8-11,15H,5-7,12-14H2,1-4H3. The second kappa shape index (κ2) is 7.94. The van der Waals surface area contributed by atoms with Gasteiger partial charge in [-0.1, -0.05) is 41.9 Å². The molecule has 0 N–H and O–H groups in total. The van der Waals surface area contributed by atoms with E-state index >= 15 is 0 Å². The van der Waals surface area contributed by atoms with E-state index in [1.807, 2.05) is 11.8 Å². The fourth-order valence-electron chi connectivity index (χ4n) is 3.48. The zero-order valence-corrected chi connectivity index (χ0v) is 16.3. The second-order valence-electron chi connectivity index (χ2n) is 7.34. The molecule has 1 aromatic heterocycles. The first-order valence-electron chi connectivity index (χ1n) is 9.61. The monoisotopic (exact) mass is 355 g/mol. The first-order valence-corrected chi connectivity index (χ1v) is 9.61. The molecule has 5 heteroatoms. The van der Waals surface area contributed by atoms with Crippen molar-refractivity contribution < 1.29 is 9.32 Å². The largest absolute Gasteiger partial charge is 0.340 e. The van der Waals surface area contributed by atoms with Crippen LogP contribution in [0.1, 0.15) is 51.2 Å². The normalized spacial score (nSPS) is 14.3. The average Bonchev–Trinajstić information content (AvgIpc) is 3.28. The maximum absolute atomic E-state index is 12.5. The number of rotatable bonds is 6. The summed E-state index contributed by atoms with van der Waals surface area (Å²) < 4.78 is 5.80. The Morgan fingerprint density at radius 1 is 1.23 bits per heavy atom. The van der Waals surface area contributed by atoms with Crippen molar-refractivity contribution in [3.05, 3.63) is 35.4 Å². The van der Waals surface area contributed by atoms with Crippen LogP contribution in [0, 0.1) is 6.92 Å². The van der Waals surface area contributed by atoms with Crippen molar-refractivity contribution in [2.24, 2.45) is 0 Å². The lowest BCUT2D eigenvalue weighted by Gasteiger charge is -2.27. The van der Waals surface area contributed by atoms with Gasteiger partial charge >= 0.3 is 0 Å². The van der Waals surface area contributed by atoms with E-state index in [0.29, 0.717) is 13.0 Å². The molecular formula is C21H29N3O2. The number of nitrogens with zero attached hydrogens (tertiary/aromatic N) is 3. The molecule has 1 aliphatic heterocycles. The molecule has 1 saturated heterocycles. The van der Waals surface area contributed by atoms with Gasteiger partial charge in [0, 0.05) is 31.1 Å². The molecule has 0 bridgehead atoms. The Labute approximate surface area is 156 Å². The molecule has 1 amide bonds. The molecule has 1 fully saturated rings. The Morgan fingerprint density at radius 3 is 2.46 bits per heavy atom. The highest BCUT2D eigenvalue weighted by molar-refractivity contribution is 5.77. The van der Waals surface area contributed by atoms with Gasteiger partial charge in [-0.15, -0.1) is 0 Å². The number of aryl methyl sites for hydroxylation is 1. The second-order valence-corrected chi connectivity index (χ2v) is 7.34. The van der Waals surface area contributed by atoms with Gasteiger partial charge in [-0.2, -0.15) is 0 Å². The van der Waals surface area contributed by atoms with E-state index in [1.165, 1.54) is 18.4 Å². The number of amides is 1. The summed E-state index contributed by atoms with van der Waals surface area (Å²) in [5, 5.41) is 4.40. The van der Waals surface area contributed by atoms with Crippen LogP contribution in [0.2, 0.25) is 0 Å². The highest BCUT2D eigenvalue weighted by Gasteiger charge is 2.28.